The Morgan fingerprint density at radius 3 is 1.84 bits per heavy atom. The van der Waals surface area contributed by atoms with Crippen LogP contribution in [0.3, 0.4) is 0 Å². The first-order valence-corrected chi connectivity index (χ1v) is 19.9. The Hall–Kier alpha value is -6.70. The third kappa shape index (κ3) is 4.10. The van der Waals surface area contributed by atoms with E-state index >= 15 is 0 Å². The molecule has 1 spiro atoms. The molecule has 0 aromatic heterocycles. The molecule has 56 heavy (non-hydrogen) atoms. The van der Waals surface area contributed by atoms with Gasteiger partial charge in [0.25, 0.3) is 0 Å². The van der Waals surface area contributed by atoms with E-state index in [9.17, 15) is 0 Å². The summed E-state index contributed by atoms with van der Waals surface area (Å²) < 4.78 is 6.73. The van der Waals surface area contributed by atoms with E-state index in [-0.39, 0.29) is 10.8 Å². The van der Waals surface area contributed by atoms with E-state index in [1.54, 1.807) is 0 Å². The SMILES string of the molecule is CC1(c2ccccc2)c2ccccc2Oc2cc(-c3ccc(C4=CCC5C(=C4)C4(c6ccccc6-c6ccccc64)c4ccccc45)c4ccccc34)ccc21. The second kappa shape index (κ2) is 11.7. The molecular formula is C55H38O. The predicted molar refractivity (Wildman–Crippen MR) is 230 cm³/mol. The molecule has 1 heteroatoms. The fraction of sp³-hybridized carbons (Fsp3) is 0.0909. The molecule has 1 aliphatic heterocycles. The van der Waals surface area contributed by atoms with Crippen molar-refractivity contribution in [3.63, 3.8) is 0 Å². The number of para-hydroxylation sites is 1. The Morgan fingerprint density at radius 1 is 0.482 bits per heavy atom. The zero-order valence-corrected chi connectivity index (χ0v) is 31.2. The van der Waals surface area contributed by atoms with Gasteiger partial charge in [-0.25, -0.2) is 0 Å². The van der Waals surface area contributed by atoms with E-state index in [4.69, 9.17) is 4.74 Å². The molecule has 0 radical (unpaired) electrons. The molecule has 12 rings (SSSR count). The second-order valence-electron chi connectivity index (χ2n) is 16.0. The van der Waals surface area contributed by atoms with Gasteiger partial charge in [0.15, 0.2) is 0 Å². The van der Waals surface area contributed by atoms with Gasteiger partial charge in [0.05, 0.1) is 5.41 Å². The van der Waals surface area contributed by atoms with Gasteiger partial charge in [0.2, 0.25) is 0 Å². The van der Waals surface area contributed by atoms with Gasteiger partial charge in [-0.2, -0.15) is 0 Å². The van der Waals surface area contributed by atoms with Gasteiger partial charge >= 0.3 is 0 Å². The predicted octanol–water partition coefficient (Wildman–Crippen LogP) is 13.8. The monoisotopic (exact) mass is 714 g/mol. The second-order valence-corrected chi connectivity index (χ2v) is 16.0. The largest absolute Gasteiger partial charge is 0.457 e. The van der Waals surface area contributed by atoms with Crippen LogP contribution in [0.1, 0.15) is 63.8 Å². The molecule has 0 bridgehead atoms. The van der Waals surface area contributed by atoms with Crippen molar-refractivity contribution in [1.82, 2.24) is 0 Å². The molecule has 3 aliphatic carbocycles. The lowest BCUT2D eigenvalue weighted by Gasteiger charge is -2.38. The minimum Gasteiger partial charge on any atom is -0.457 e. The van der Waals surface area contributed by atoms with E-state index in [1.807, 2.05) is 0 Å². The van der Waals surface area contributed by atoms with Crippen LogP contribution in [0, 0.1) is 0 Å². The van der Waals surface area contributed by atoms with Crippen molar-refractivity contribution in [2.24, 2.45) is 0 Å². The Morgan fingerprint density at radius 2 is 1.07 bits per heavy atom. The number of rotatable bonds is 3. The summed E-state index contributed by atoms with van der Waals surface area (Å²) in [6.07, 6.45) is 6.03. The lowest BCUT2D eigenvalue weighted by atomic mass is 9.68. The number of benzene rings is 8. The van der Waals surface area contributed by atoms with E-state index in [1.165, 1.54) is 83.1 Å². The molecule has 8 aromatic carbocycles. The molecule has 1 heterocycles. The van der Waals surface area contributed by atoms with E-state index in [0.717, 1.165) is 23.5 Å². The lowest BCUT2D eigenvalue weighted by molar-refractivity contribution is 0.427. The summed E-state index contributed by atoms with van der Waals surface area (Å²) in [5.41, 5.74) is 17.8. The zero-order chi connectivity index (χ0) is 37.0. The van der Waals surface area contributed by atoms with Crippen molar-refractivity contribution < 1.29 is 4.74 Å². The molecule has 264 valence electrons. The Labute approximate surface area is 327 Å². The van der Waals surface area contributed by atoms with E-state index in [0.29, 0.717) is 5.92 Å². The van der Waals surface area contributed by atoms with Crippen LogP contribution in [0.2, 0.25) is 0 Å². The van der Waals surface area contributed by atoms with Gasteiger partial charge in [-0.15, -0.1) is 0 Å². The summed E-state index contributed by atoms with van der Waals surface area (Å²) in [7, 11) is 0. The van der Waals surface area contributed by atoms with Crippen molar-refractivity contribution in [2.75, 3.05) is 0 Å². The highest BCUT2D eigenvalue weighted by molar-refractivity contribution is 6.05. The summed E-state index contributed by atoms with van der Waals surface area (Å²) >= 11 is 0. The molecular weight excluding hydrogens is 677 g/mol. The maximum Gasteiger partial charge on any atom is 0.132 e. The molecule has 0 amide bonds. The third-order valence-electron chi connectivity index (χ3n) is 13.4. The maximum atomic E-state index is 6.73. The lowest BCUT2D eigenvalue weighted by Crippen LogP contribution is -2.29. The summed E-state index contributed by atoms with van der Waals surface area (Å²) in [6, 6.07) is 67.2. The number of allylic oxidation sites excluding steroid dienone is 4. The van der Waals surface area contributed by atoms with Gasteiger partial charge < -0.3 is 4.74 Å². The van der Waals surface area contributed by atoms with Crippen molar-refractivity contribution >= 4 is 16.3 Å². The molecule has 4 aliphatic rings. The number of ether oxygens (including phenoxy) is 1. The summed E-state index contributed by atoms with van der Waals surface area (Å²) in [6.45, 7) is 2.33. The van der Waals surface area contributed by atoms with Crippen molar-refractivity contribution in [3.8, 4) is 33.8 Å². The maximum absolute atomic E-state index is 6.73. The number of hydrogen-bond donors (Lipinski definition) is 0. The minimum atomic E-state index is -0.341. The van der Waals surface area contributed by atoms with Crippen LogP contribution in [0.5, 0.6) is 11.5 Å². The van der Waals surface area contributed by atoms with Crippen LogP contribution in [0.15, 0.2) is 200 Å². The fourth-order valence-corrected chi connectivity index (χ4v) is 11.0. The zero-order valence-electron chi connectivity index (χ0n) is 31.2. The molecule has 2 atom stereocenters. The van der Waals surface area contributed by atoms with Crippen LogP contribution >= 0.6 is 0 Å². The van der Waals surface area contributed by atoms with Gasteiger partial charge in [-0.1, -0.05) is 182 Å². The third-order valence-corrected chi connectivity index (χ3v) is 13.4. The van der Waals surface area contributed by atoms with E-state index < -0.39 is 0 Å². The number of hydrogen-bond acceptors (Lipinski definition) is 1. The molecule has 8 aromatic rings. The highest BCUT2D eigenvalue weighted by atomic mass is 16.5. The van der Waals surface area contributed by atoms with Crippen LogP contribution in [-0.2, 0) is 10.8 Å². The van der Waals surface area contributed by atoms with Crippen molar-refractivity contribution in [3.05, 3.63) is 244 Å². The Balaban J connectivity index is 1.01. The first-order chi connectivity index (χ1) is 27.7. The summed E-state index contributed by atoms with van der Waals surface area (Å²) in [5.74, 6) is 2.16. The van der Waals surface area contributed by atoms with Crippen molar-refractivity contribution in [2.45, 2.75) is 30.1 Å². The quantitative estimate of drug-likeness (QED) is 0.177. The molecule has 0 saturated heterocycles. The first kappa shape index (κ1) is 31.6. The van der Waals surface area contributed by atoms with Gasteiger partial charge in [-0.05, 0) is 103 Å². The normalized spacial score (nSPS) is 19.1. The standard InChI is InChI=1S/C55H38O/c1-54(37-15-3-2-4-16-37)49-25-13-14-26-52(49)56-53-34-36(28-32-50(53)54)39-31-30-38(40-17-5-6-18-41(39)40)35-27-29-45-44-21-9-12-24-48(44)55(51(45)33-35)46-22-10-7-19-42(46)43-20-8-11-23-47(43)55/h2-28,30-34,45H,29H2,1H3. The van der Waals surface area contributed by atoms with Crippen LogP contribution < -0.4 is 4.74 Å². The topological polar surface area (TPSA) is 9.23 Å². The van der Waals surface area contributed by atoms with Crippen molar-refractivity contribution in [1.29, 1.82) is 0 Å². The molecule has 0 fully saturated rings. The molecule has 2 unspecified atom stereocenters. The molecule has 0 saturated carbocycles. The van der Waals surface area contributed by atoms with Crippen LogP contribution in [0.4, 0.5) is 0 Å². The first-order valence-electron chi connectivity index (χ1n) is 19.9. The summed E-state index contributed by atoms with van der Waals surface area (Å²) in [5, 5.41) is 2.51. The Kier molecular flexibility index (Phi) is 6.58. The minimum absolute atomic E-state index is 0.306. The molecule has 1 nitrogen and oxygen atoms in total. The summed E-state index contributed by atoms with van der Waals surface area (Å²) in [4.78, 5) is 0. The molecule has 0 N–H and O–H groups in total. The van der Waals surface area contributed by atoms with Crippen LogP contribution in [-0.4, -0.2) is 0 Å². The smallest absolute Gasteiger partial charge is 0.132 e. The van der Waals surface area contributed by atoms with Gasteiger partial charge in [0, 0.05) is 22.5 Å². The highest BCUT2D eigenvalue weighted by Crippen LogP contribution is 2.65. The Bertz CT molecular complexity index is 2950. The highest BCUT2D eigenvalue weighted by Gasteiger charge is 2.55. The van der Waals surface area contributed by atoms with Gasteiger partial charge in [-0.3, -0.25) is 0 Å². The average molecular weight is 715 g/mol. The average Bonchev–Trinajstić information content (AvgIpc) is 3.73. The van der Waals surface area contributed by atoms with E-state index in [2.05, 4.69) is 201 Å². The number of fused-ring (bicyclic) bond motifs is 13. The van der Waals surface area contributed by atoms with Gasteiger partial charge in [0.1, 0.15) is 11.5 Å². The fourth-order valence-electron chi connectivity index (χ4n) is 11.0. The van der Waals surface area contributed by atoms with Crippen LogP contribution in [0.25, 0.3) is 38.6 Å².